The van der Waals surface area contributed by atoms with Gasteiger partial charge >= 0.3 is 0 Å². The first-order valence-corrected chi connectivity index (χ1v) is 7.13. The highest BCUT2D eigenvalue weighted by atomic mass is 32.1. The highest BCUT2D eigenvalue weighted by Gasteiger charge is 2.22. The van der Waals surface area contributed by atoms with E-state index in [0.29, 0.717) is 6.04 Å². The van der Waals surface area contributed by atoms with Crippen LogP contribution < -0.4 is 4.90 Å². The molecule has 3 heterocycles. The number of anilines is 1. The van der Waals surface area contributed by atoms with Crippen molar-refractivity contribution >= 4 is 17.3 Å². The summed E-state index contributed by atoms with van der Waals surface area (Å²) in [6, 6.07) is 0.553. The molecule has 94 valence electrons. The molecule has 1 atom stereocenters. The van der Waals surface area contributed by atoms with E-state index in [0.717, 1.165) is 28.8 Å². The molecule has 0 aromatic carbocycles. The molecule has 0 aliphatic carbocycles. The summed E-state index contributed by atoms with van der Waals surface area (Å²) in [7, 11) is 0. The first-order valence-electron chi connectivity index (χ1n) is 6.25. The average Bonchev–Trinajstić information content (AvgIpc) is 2.98. The van der Waals surface area contributed by atoms with E-state index in [-0.39, 0.29) is 0 Å². The Balaban J connectivity index is 1.85. The molecule has 0 spiro atoms. The second kappa shape index (κ2) is 4.65. The van der Waals surface area contributed by atoms with Gasteiger partial charge in [0.15, 0.2) is 0 Å². The van der Waals surface area contributed by atoms with E-state index >= 15 is 0 Å². The fraction of sp³-hybridized carbons (Fsp3) is 0.462. The van der Waals surface area contributed by atoms with Crippen molar-refractivity contribution in [3.05, 3.63) is 22.8 Å². The third-order valence-corrected chi connectivity index (χ3v) is 4.14. The van der Waals surface area contributed by atoms with Crippen molar-refractivity contribution in [3.63, 3.8) is 0 Å². The minimum Gasteiger partial charge on any atom is -0.338 e. The number of hydrogen-bond donors (Lipinski definition) is 0. The van der Waals surface area contributed by atoms with Crippen LogP contribution in [0, 0.1) is 6.92 Å². The highest BCUT2D eigenvalue weighted by Crippen LogP contribution is 2.24. The van der Waals surface area contributed by atoms with Gasteiger partial charge < -0.3 is 4.90 Å². The van der Waals surface area contributed by atoms with Crippen LogP contribution in [0.25, 0.3) is 11.3 Å². The van der Waals surface area contributed by atoms with E-state index in [1.165, 1.54) is 12.8 Å². The van der Waals surface area contributed by atoms with Crippen molar-refractivity contribution in [1.82, 2.24) is 15.0 Å². The molecule has 0 saturated carbocycles. The van der Waals surface area contributed by atoms with E-state index < -0.39 is 0 Å². The summed E-state index contributed by atoms with van der Waals surface area (Å²) in [6.45, 7) is 5.31. The lowest BCUT2D eigenvalue weighted by atomic mass is 10.2. The van der Waals surface area contributed by atoms with Crippen LogP contribution in [0.15, 0.2) is 17.8 Å². The Hall–Kier alpha value is -1.49. The molecule has 1 unspecified atom stereocenters. The molecule has 1 saturated heterocycles. The maximum absolute atomic E-state index is 4.48. The normalized spacial score (nSPS) is 19.4. The number of thiazole rings is 1. The number of aromatic nitrogens is 3. The molecule has 3 rings (SSSR count). The molecule has 2 aromatic rings. The van der Waals surface area contributed by atoms with Crippen molar-refractivity contribution in [3.8, 4) is 11.3 Å². The predicted molar refractivity (Wildman–Crippen MR) is 73.9 cm³/mol. The molecule has 1 aliphatic rings. The molecular weight excluding hydrogens is 244 g/mol. The van der Waals surface area contributed by atoms with E-state index in [1.807, 2.05) is 24.7 Å². The topological polar surface area (TPSA) is 41.9 Å². The van der Waals surface area contributed by atoms with Crippen LogP contribution in [-0.2, 0) is 0 Å². The van der Waals surface area contributed by atoms with Crippen LogP contribution in [0.1, 0.15) is 24.8 Å². The lowest BCUT2D eigenvalue weighted by molar-refractivity contribution is 0.717. The Labute approximate surface area is 111 Å². The van der Waals surface area contributed by atoms with Crippen LogP contribution in [-0.4, -0.2) is 27.5 Å². The average molecular weight is 260 g/mol. The summed E-state index contributed by atoms with van der Waals surface area (Å²) < 4.78 is 0. The van der Waals surface area contributed by atoms with Crippen LogP contribution in [0.4, 0.5) is 5.95 Å². The van der Waals surface area contributed by atoms with Gasteiger partial charge in [-0.25, -0.2) is 15.0 Å². The Morgan fingerprint density at radius 1 is 1.33 bits per heavy atom. The Bertz CT molecular complexity index is 534. The van der Waals surface area contributed by atoms with Gasteiger partial charge in [-0.1, -0.05) is 0 Å². The van der Waals surface area contributed by atoms with Gasteiger partial charge in [-0.3, -0.25) is 0 Å². The summed E-state index contributed by atoms with van der Waals surface area (Å²) in [5, 5.41) is 3.12. The fourth-order valence-corrected chi connectivity index (χ4v) is 2.95. The summed E-state index contributed by atoms with van der Waals surface area (Å²) in [5.41, 5.74) is 1.97. The van der Waals surface area contributed by atoms with E-state index in [9.17, 15) is 0 Å². The zero-order valence-corrected chi connectivity index (χ0v) is 11.4. The maximum Gasteiger partial charge on any atom is 0.225 e. The monoisotopic (exact) mass is 260 g/mol. The summed E-state index contributed by atoms with van der Waals surface area (Å²) in [5.74, 6) is 0.843. The number of hydrogen-bond acceptors (Lipinski definition) is 5. The van der Waals surface area contributed by atoms with E-state index in [1.54, 1.807) is 11.3 Å². The van der Waals surface area contributed by atoms with Gasteiger partial charge in [0.25, 0.3) is 0 Å². The lowest BCUT2D eigenvalue weighted by Gasteiger charge is -2.20. The molecule has 0 amide bonds. The maximum atomic E-state index is 4.48. The smallest absolute Gasteiger partial charge is 0.225 e. The zero-order chi connectivity index (χ0) is 12.5. The third kappa shape index (κ3) is 2.10. The number of nitrogens with zero attached hydrogens (tertiary/aromatic N) is 4. The van der Waals surface area contributed by atoms with Crippen LogP contribution in [0.5, 0.6) is 0 Å². The van der Waals surface area contributed by atoms with E-state index in [2.05, 4.69) is 26.8 Å². The van der Waals surface area contributed by atoms with Crippen molar-refractivity contribution < 1.29 is 0 Å². The Kier molecular flexibility index (Phi) is 2.99. The third-order valence-electron chi connectivity index (χ3n) is 3.36. The molecule has 18 heavy (non-hydrogen) atoms. The lowest BCUT2D eigenvalue weighted by Crippen LogP contribution is -2.28. The molecule has 0 bridgehead atoms. The van der Waals surface area contributed by atoms with Crippen LogP contribution in [0.2, 0.25) is 0 Å². The molecule has 2 aromatic heterocycles. The summed E-state index contributed by atoms with van der Waals surface area (Å²) in [4.78, 5) is 15.7. The van der Waals surface area contributed by atoms with Crippen molar-refractivity contribution in [1.29, 1.82) is 0 Å². The first kappa shape index (κ1) is 11.6. The molecular formula is C13H16N4S. The standard InChI is InChI=1S/C13H16N4S/c1-9-4-3-5-17(9)13-14-6-11(7-15-13)12-8-18-10(2)16-12/h6-9H,3-5H2,1-2H3. The van der Waals surface area contributed by atoms with Crippen molar-refractivity contribution in [2.24, 2.45) is 0 Å². The van der Waals surface area contributed by atoms with Gasteiger partial charge in [0.05, 0.1) is 10.7 Å². The Morgan fingerprint density at radius 2 is 2.11 bits per heavy atom. The second-order valence-electron chi connectivity index (χ2n) is 4.71. The van der Waals surface area contributed by atoms with Gasteiger partial charge in [-0.05, 0) is 26.7 Å². The van der Waals surface area contributed by atoms with Crippen LogP contribution >= 0.6 is 11.3 Å². The van der Waals surface area contributed by atoms with Crippen LogP contribution in [0.3, 0.4) is 0 Å². The largest absolute Gasteiger partial charge is 0.338 e. The number of rotatable bonds is 2. The predicted octanol–water partition coefficient (Wildman–Crippen LogP) is 2.90. The second-order valence-corrected chi connectivity index (χ2v) is 5.77. The first-order chi connectivity index (χ1) is 8.74. The minimum absolute atomic E-state index is 0.553. The van der Waals surface area contributed by atoms with Gasteiger partial charge in [-0.15, -0.1) is 11.3 Å². The molecule has 0 N–H and O–H groups in total. The fourth-order valence-electron chi connectivity index (χ4n) is 2.33. The summed E-state index contributed by atoms with van der Waals surface area (Å²) in [6.07, 6.45) is 6.22. The molecule has 1 fully saturated rings. The van der Waals surface area contributed by atoms with Gasteiger partial charge in [0, 0.05) is 35.9 Å². The summed E-state index contributed by atoms with van der Waals surface area (Å²) >= 11 is 1.65. The quantitative estimate of drug-likeness (QED) is 0.832. The zero-order valence-electron chi connectivity index (χ0n) is 10.6. The molecule has 4 nitrogen and oxygen atoms in total. The molecule has 1 aliphatic heterocycles. The highest BCUT2D eigenvalue weighted by molar-refractivity contribution is 7.09. The van der Waals surface area contributed by atoms with E-state index in [4.69, 9.17) is 0 Å². The van der Waals surface area contributed by atoms with Crippen molar-refractivity contribution in [2.45, 2.75) is 32.7 Å². The Morgan fingerprint density at radius 3 is 2.67 bits per heavy atom. The molecule has 5 heteroatoms. The van der Waals surface area contributed by atoms with Gasteiger partial charge in [0.1, 0.15) is 0 Å². The molecule has 0 radical (unpaired) electrons. The van der Waals surface area contributed by atoms with Gasteiger partial charge in [0.2, 0.25) is 5.95 Å². The number of aryl methyl sites for hydroxylation is 1. The van der Waals surface area contributed by atoms with Crippen molar-refractivity contribution in [2.75, 3.05) is 11.4 Å². The SMILES string of the molecule is Cc1nc(-c2cnc(N3CCCC3C)nc2)cs1. The van der Waals surface area contributed by atoms with Gasteiger partial charge in [-0.2, -0.15) is 0 Å². The minimum atomic E-state index is 0.553.